The van der Waals surface area contributed by atoms with Crippen molar-refractivity contribution in [2.45, 2.75) is 32.4 Å². The summed E-state index contributed by atoms with van der Waals surface area (Å²) in [6, 6.07) is 6.65. The van der Waals surface area contributed by atoms with E-state index in [9.17, 15) is 0 Å². The Labute approximate surface area is 125 Å². The van der Waals surface area contributed by atoms with Crippen LogP contribution < -0.4 is 5.32 Å². The van der Waals surface area contributed by atoms with Gasteiger partial charge < -0.3 is 10.1 Å². The molecular weight excluding hydrogens is 324 g/mol. The van der Waals surface area contributed by atoms with Gasteiger partial charge in [-0.1, -0.05) is 41.1 Å². The van der Waals surface area contributed by atoms with Crippen molar-refractivity contribution < 1.29 is 4.74 Å². The molecule has 1 saturated carbocycles. The number of anilines is 1. The van der Waals surface area contributed by atoms with Crippen molar-refractivity contribution in [3.8, 4) is 0 Å². The molecule has 1 aliphatic rings. The van der Waals surface area contributed by atoms with Crippen LogP contribution in [0.15, 0.2) is 22.7 Å². The van der Waals surface area contributed by atoms with Gasteiger partial charge in [0.25, 0.3) is 0 Å². The maximum Gasteiger partial charge on any atom is 0.184 e. The lowest BCUT2D eigenvalue weighted by atomic mass is 9.64. The molecule has 0 radical (unpaired) electrons. The smallest absolute Gasteiger partial charge is 0.184 e. The number of thiazole rings is 1. The first-order valence-corrected chi connectivity index (χ1v) is 7.97. The molecule has 3 nitrogen and oxygen atoms in total. The molecule has 1 aliphatic carbocycles. The van der Waals surface area contributed by atoms with Crippen LogP contribution in [0, 0.1) is 5.41 Å². The van der Waals surface area contributed by atoms with Gasteiger partial charge in [0.15, 0.2) is 5.13 Å². The van der Waals surface area contributed by atoms with E-state index in [1.54, 1.807) is 18.4 Å². The fourth-order valence-corrected chi connectivity index (χ4v) is 3.89. The first-order chi connectivity index (χ1) is 9.00. The van der Waals surface area contributed by atoms with Crippen molar-refractivity contribution in [3.05, 3.63) is 22.7 Å². The average Bonchev–Trinajstić information content (AvgIpc) is 2.75. The lowest BCUT2D eigenvalue weighted by molar-refractivity contribution is -0.0794. The third kappa shape index (κ3) is 2.28. The Hall–Kier alpha value is -0.650. The topological polar surface area (TPSA) is 34.1 Å². The molecule has 1 heterocycles. The molecule has 1 aromatic carbocycles. The van der Waals surface area contributed by atoms with E-state index in [0.717, 1.165) is 21.5 Å². The predicted octanol–water partition coefficient (Wildman–Crippen LogP) is 4.28. The highest BCUT2D eigenvalue weighted by molar-refractivity contribution is 9.10. The molecule has 0 spiro atoms. The number of methoxy groups -OCH3 is 1. The van der Waals surface area contributed by atoms with Gasteiger partial charge in [-0.2, -0.15) is 0 Å². The van der Waals surface area contributed by atoms with Crippen molar-refractivity contribution in [3.63, 3.8) is 0 Å². The van der Waals surface area contributed by atoms with Gasteiger partial charge in [0.1, 0.15) is 0 Å². The number of halogens is 1. The second kappa shape index (κ2) is 4.72. The van der Waals surface area contributed by atoms with Crippen LogP contribution in [-0.4, -0.2) is 24.2 Å². The molecule has 5 heteroatoms. The van der Waals surface area contributed by atoms with E-state index >= 15 is 0 Å². The second-order valence-electron chi connectivity index (χ2n) is 5.61. The number of hydrogen-bond donors (Lipinski definition) is 1. The van der Waals surface area contributed by atoms with Crippen LogP contribution in [0.4, 0.5) is 5.13 Å². The summed E-state index contributed by atoms with van der Waals surface area (Å²) in [5, 5.41) is 4.55. The van der Waals surface area contributed by atoms with E-state index in [0.29, 0.717) is 12.1 Å². The third-order valence-corrected chi connectivity index (χ3v) is 5.57. The number of hydrogen-bond acceptors (Lipinski definition) is 4. The normalized spacial score (nSPS) is 25.3. The highest BCUT2D eigenvalue weighted by Gasteiger charge is 2.48. The zero-order chi connectivity index (χ0) is 13.6. The van der Waals surface area contributed by atoms with E-state index in [2.05, 4.69) is 58.3 Å². The molecule has 1 aromatic heterocycles. The van der Waals surface area contributed by atoms with Gasteiger partial charge in [-0.05, 0) is 24.6 Å². The van der Waals surface area contributed by atoms with E-state index in [1.165, 1.54) is 4.70 Å². The Morgan fingerprint density at radius 1 is 1.47 bits per heavy atom. The summed E-state index contributed by atoms with van der Waals surface area (Å²) in [5.74, 6) is 0. The summed E-state index contributed by atoms with van der Waals surface area (Å²) < 4.78 is 7.76. The van der Waals surface area contributed by atoms with Crippen molar-refractivity contribution >= 4 is 42.6 Å². The van der Waals surface area contributed by atoms with E-state index in [4.69, 9.17) is 4.74 Å². The molecule has 2 unspecified atom stereocenters. The van der Waals surface area contributed by atoms with Gasteiger partial charge in [0.2, 0.25) is 0 Å². The molecule has 2 aromatic rings. The van der Waals surface area contributed by atoms with Crippen LogP contribution in [0.25, 0.3) is 10.2 Å². The lowest BCUT2D eigenvalue weighted by Gasteiger charge is -2.51. The van der Waals surface area contributed by atoms with Gasteiger partial charge in [0.05, 0.1) is 16.3 Å². The largest absolute Gasteiger partial charge is 0.381 e. The number of rotatable bonds is 3. The standard InChI is InChI=1S/C14H17BrN2OS/c1-14(2)11(7-12(14)18-3)17-13-16-9-6-8(15)4-5-10(9)19-13/h4-6,11-12H,7H2,1-3H3,(H,16,17). The van der Waals surface area contributed by atoms with Crippen LogP contribution in [0.5, 0.6) is 0 Å². The first-order valence-electron chi connectivity index (χ1n) is 6.36. The van der Waals surface area contributed by atoms with Gasteiger partial charge in [-0.15, -0.1) is 0 Å². The Kier molecular flexibility index (Phi) is 3.31. The first kappa shape index (κ1) is 13.3. The Bertz CT molecular complexity index is 611. The molecule has 0 saturated heterocycles. The lowest BCUT2D eigenvalue weighted by Crippen LogP contribution is -2.57. The zero-order valence-corrected chi connectivity index (χ0v) is 13.6. The summed E-state index contributed by atoms with van der Waals surface area (Å²) in [6.07, 6.45) is 1.39. The van der Waals surface area contributed by atoms with Gasteiger partial charge in [-0.25, -0.2) is 4.98 Å². The maximum atomic E-state index is 5.48. The fraction of sp³-hybridized carbons (Fsp3) is 0.500. The summed E-state index contributed by atoms with van der Waals surface area (Å²) >= 11 is 5.19. The molecule has 3 rings (SSSR count). The van der Waals surface area contributed by atoms with Crippen LogP contribution >= 0.6 is 27.3 Å². The van der Waals surface area contributed by atoms with Crippen LogP contribution in [0.2, 0.25) is 0 Å². The number of nitrogens with one attached hydrogen (secondary N) is 1. The molecule has 0 aliphatic heterocycles. The number of nitrogens with zero attached hydrogens (tertiary/aromatic N) is 1. The van der Waals surface area contributed by atoms with Crippen molar-refractivity contribution in [1.29, 1.82) is 0 Å². The number of fused-ring (bicyclic) bond motifs is 1. The molecule has 2 atom stereocenters. The Balaban J connectivity index is 1.79. The zero-order valence-electron chi connectivity index (χ0n) is 11.2. The summed E-state index contributed by atoms with van der Waals surface area (Å²) in [6.45, 7) is 4.48. The third-order valence-electron chi connectivity index (χ3n) is 4.11. The quantitative estimate of drug-likeness (QED) is 0.905. The van der Waals surface area contributed by atoms with E-state index in [-0.39, 0.29) is 5.41 Å². The van der Waals surface area contributed by atoms with Gasteiger partial charge in [-0.3, -0.25) is 0 Å². The number of aromatic nitrogens is 1. The molecule has 102 valence electrons. The van der Waals surface area contributed by atoms with Crippen molar-refractivity contribution in [2.75, 3.05) is 12.4 Å². The van der Waals surface area contributed by atoms with E-state index < -0.39 is 0 Å². The van der Waals surface area contributed by atoms with Crippen molar-refractivity contribution in [1.82, 2.24) is 4.98 Å². The van der Waals surface area contributed by atoms with Gasteiger partial charge >= 0.3 is 0 Å². The molecule has 0 amide bonds. The minimum absolute atomic E-state index is 0.160. The molecule has 0 bridgehead atoms. The minimum Gasteiger partial charge on any atom is -0.381 e. The highest BCUT2D eigenvalue weighted by Crippen LogP contribution is 2.44. The Morgan fingerprint density at radius 2 is 2.26 bits per heavy atom. The summed E-state index contributed by atoms with van der Waals surface area (Å²) in [4.78, 5) is 4.65. The monoisotopic (exact) mass is 340 g/mol. The molecular formula is C14H17BrN2OS. The van der Waals surface area contributed by atoms with Crippen molar-refractivity contribution in [2.24, 2.45) is 5.41 Å². The van der Waals surface area contributed by atoms with Crippen LogP contribution in [-0.2, 0) is 4.74 Å². The van der Waals surface area contributed by atoms with Crippen LogP contribution in [0.3, 0.4) is 0 Å². The second-order valence-corrected chi connectivity index (χ2v) is 7.56. The fourth-order valence-electron chi connectivity index (χ4n) is 2.64. The predicted molar refractivity (Wildman–Crippen MR) is 83.9 cm³/mol. The summed E-state index contributed by atoms with van der Waals surface area (Å²) in [7, 11) is 1.79. The van der Waals surface area contributed by atoms with E-state index in [1.807, 2.05) is 0 Å². The molecule has 1 N–H and O–H groups in total. The molecule has 1 fully saturated rings. The minimum atomic E-state index is 0.160. The summed E-state index contributed by atoms with van der Waals surface area (Å²) in [5.41, 5.74) is 1.20. The highest BCUT2D eigenvalue weighted by atomic mass is 79.9. The number of ether oxygens (including phenoxy) is 1. The average molecular weight is 341 g/mol. The molecule has 19 heavy (non-hydrogen) atoms. The number of benzene rings is 1. The van der Waals surface area contributed by atoms with Gasteiger partial charge in [0, 0.05) is 23.0 Å². The van der Waals surface area contributed by atoms with Crippen LogP contribution in [0.1, 0.15) is 20.3 Å². The Morgan fingerprint density at radius 3 is 2.95 bits per heavy atom. The SMILES string of the molecule is COC1CC(Nc2nc3cc(Br)ccc3s2)C1(C)C. The maximum absolute atomic E-state index is 5.48.